The van der Waals surface area contributed by atoms with Gasteiger partial charge in [-0.2, -0.15) is 0 Å². The highest BCUT2D eigenvalue weighted by Gasteiger charge is 2.29. The second-order valence-electron chi connectivity index (χ2n) is 5.73. The van der Waals surface area contributed by atoms with Gasteiger partial charge >= 0.3 is 0 Å². The highest BCUT2D eigenvalue weighted by atomic mass is 16.2. The average Bonchev–Trinajstić information content (AvgIpc) is 2.89. The lowest BCUT2D eigenvalue weighted by Gasteiger charge is -2.26. The monoisotopic (exact) mass is 269 g/mol. The molecule has 0 aromatic heterocycles. The SMILES string of the molecule is CN[C@@H](C)C(=O)N[C@@H](CC(C)C)C(=O)N1CCCC1. The first-order valence-electron chi connectivity index (χ1n) is 7.22. The van der Waals surface area contributed by atoms with Crippen LogP contribution in [0.4, 0.5) is 0 Å². The zero-order valence-corrected chi connectivity index (χ0v) is 12.5. The number of nitrogens with one attached hydrogen (secondary N) is 2. The Balaban J connectivity index is 2.65. The molecule has 5 nitrogen and oxygen atoms in total. The fourth-order valence-corrected chi connectivity index (χ4v) is 2.28. The van der Waals surface area contributed by atoms with Crippen LogP contribution < -0.4 is 10.6 Å². The Hall–Kier alpha value is -1.10. The maximum absolute atomic E-state index is 12.4. The van der Waals surface area contributed by atoms with Crippen molar-refractivity contribution in [1.82, 2.24) is 15.5 Å². The van der Waals surface area contributed by atoms with Crippen molar-refractivity contribution in [2.75, 3.05) is 20.1 Å². The Kier molecular flexibility index (Phi) is 6.28. The molecule has 1 fully saturated rings. The minimum Gasteiger partial charge on any atom is -0.343 e. The number of hydrogen-bond donors (Lipinski definition) is 2. The number of amides is 2. The van der Waals surface area contributed by atoms with E-state index in [-0.39, 0.29) is 23.9 Å². The first-order valence-corrected chi connectivity index (χ1v) is 7.22. The van der Waals surface area contributed by atoms with Crippen molar-refractivity contribution in [3.63, 3.8) is 0 Å². The lowest BCUT2D eigenvalue weighted by Crippen LogP contribution is -2.52. The van der Waals surface area contributed by atoms with Gasteiger partial charge in [-0.05, 0) is 39.2 Å². The smallest absolute Gasteiger partial charge is 0.245 e. The number of carbonyl (C=O) groups is 2. The van der Waals surface area contributed by atoms with Gasteiger partial charge in [0.2, 0.25) is 11.8 Å². The summed E-state index contributed by atoms with van der Waals surface area (Å²) in [7, 11) is 1.74. The van der Waals surface area contributed by atoms with Crippen LogP contribution in [0.25, 0.3) is 0 Å². The first kappa shape index (κ1) is 16.0. The Morgan fingerprint density at radius 1 is 1.16 bits per heavy atom. The molecule has 1 aliphatic rings. The highest BCUT2D eigenvalue weighted by Crippen LogP contribution is 2.13. The van der Waals surface area contributed by atoms with E-state index in [0.29, 0.717) is 12.3 Å². The van der Waals surface area contributed by atoms with Crippen molar-refractivity contribution >= 4 is 11.8 Å². The molecule has 0 unspecified atom stereocenters. The normalized spacial score (nSPS) is 18.5. The standard InChI is InChI=1S/C14H27N3O2/c1-10(2)9-12(16-13(18)11(3)15-4)14(19)17-7-5-6-8-17/h10-12,15H,5-9H2,1-4H3,(H,16,18)/t11-,12-/m0/s1. The summed E-state index contributed by atoms with van der Waals surface area (Å²) in [6, 6.07) is -0.664. The fraction of sp³-hybridized carbons (Fsp3) is 0.857. The zero-order chi connectivity index (χ0) is 14.4. The van der Waals surface area contributed by atoms with E-state index < -0.39 is 0 Å². The van der Waals surface area contributed by atoms with Crippen molar-refractivity contribution in [3.05, 3.63) is 0 Å². The van der Waals surface area contributed by atoms with E-state index in [4.69, 9.17) is 0 Å². The van der Waals surface area contributed by atoms with E-state index in [0.717, 1.165) is 25.9 Å². The molecule has 2 atom stereocenters. The second-order valence-corrected chi connectivity index (χ2v) is 5.73. The third-order valence-corrected chi connectivity index (χ3v) is 3.57. The van der Waals surface area contributed by atoms with Crippen LogP contribution in [-0.4, -0.2) is 48.9 Å². The van der Waals surface area contributed by atoms with E-state index in [2.05, 4.69) is 24.5 Å². The molecule has 0 aliphatic carbocycles. The van der Waals surface area contributed by atoms with Crippen LogP contribution in [0.2, 0.25) is 0 Å². The second kappa shape index (κ2) is 7.48. The van der Waals surface area contributed by atoms with Gasteiger partial charge in [-0.3, -0.25) is 9.59 Å². The predicted octanol–water partition coefficient (Wildman–Crippen LogP) is 0.748. The largest absolute Gasteiger partial charge is 0.343 e. The summed E-state index contributed by atoms with van der Waals surface area (Å²) in [5, 5.41) is 5.78. The van der Waals surface area contributed by atoms with Gasteiger partial charge in [0.25, 0.3) is 0 Å². The number of nitrogens with zero attached hydrogens (tertiary/aromatic N) is 1. The molecule has 2 N–H and O–H groups in total. The van der Waals surface area contributed by atoms with Crippen LogP contribution in [0.3, 0.4) is 0 Å². The van der Waals surface area contributed by atoms with Gasteiger partial charge in [0.15, 0.2) is 0 Å². The lowest BCUT2D eigenvalue weighted by atomic mass is 10.0. The Morgan fingerprint density at radius 2 is 1.74 bits per heavy atom. The highest BCUT2D eigenvalue weighted by molar-refractivity contribution is 5.89. The summed E-state index contributed by atoms with van der Waals surface area (Å²) in [6.45, 7) is 7.58. The number of hydrogen-bond acceptors (Lipinski definition) is 3. The minimum atomic E-state index is -0.388. The topological polar surface area (TPSA) is 61.4 Å². The maximum atomic E-state index is 12.4. The van der Waals surface area contributed by atoms with Crippen molar-refractivity contribution in [2.45, 2.75) is 52.1 Å². The van der Waals surface area contributed by atoms with Crippen LogP contribution in [0.1, 0.15) is 40.0 Å². The molecule has 0 aromatic carbocycles. The quantitative estimate of drug-likeness (QED) is 0.748. The van der Waals surface area contributed by atoms with Gasteiger partial charge in [0.05, 0.1) is 6.04 Å². The fourth-order valence-electron chi connectivity index (χ4n) is 2.28. The molecule has 0 radical (unpaired) electrons. The molecule has 5 heteroatoms. The van der Waals surface area contributed by atoms with E-state index in [1.54, 1.807) is 14.0 Å². The number of rotatable bonds is 6. The van der Waals surface area contributed by atoms with Gasteiger partial charge in [-0.25, -0.2) is 0 Å². The number of likely N-dealkylation sites (tertiary alicyclic amines) is 1. The molecule has 110 valence electrons. The molecule has 19 heavy (non-hydrogen) atoms. The summed E-state index contributed by atoms with van der Waals surface area (Å²) < 4.78 is 0. The van der Waals surface area contributed by atoms with Crippen LogP contribution in [0, 0.1) is 5.92 Å². The predicted molar refractivity (Wildman–Crippen MR) is 75.7 cm³/mol. The molecule has 0 spiro atoms. The Morgan fingerprint density at radius 3 is 2.21 bits per heavy atom. The van der Waals surface area contributed by atoms with E-state index in [1.807, 2.05) is 4.90 Å². The van der Waals surface area contributed by atoms with Gasteiger partial charge in [0.1, 0.15) is 6.04 Å². The van der Waals surface area contributed by atoms with E-state index in [9.17, 15) is 9.59 Å². The maximum Gasteiger partial charge on any atom is 0.245 e. The van der Waals surface area contributed by atoms with Gasteiger partial charge < -0.3 is 15.5 Å². The van der Waals surface area contributed by atoms with Crippen molar-refractivity contribution in [3.8, 4) is 0 Å². The molecule has 2 amide bonds. The Labute approximate surface area is 116 Å². The van der Waals surface area contributed by atoms with Gasteiger partial charge in [0, 0.05) is 13.1 Å². The van der Waals surface area contributed by atoms with Crippen molar-refractivity contribution in [1.29, 1.82) is 0 Å². The summed E-state index contributed by atoms with van der Waals surface area (Å²) in [5.41, 5.74) is 0. The number of likely N-dealkylation sites (N-methyl/N-ethyl adjacent to an activating group) is 1. The minimum absolute atomic E-state index is 0.0721. The molecule has 1 saturated heterocycles. The van der Waals surface area contributed by atoms with Crippen LogP contribution in [0.5, 0.6) is 0 Å². The molecular weight excluding hydrogens is 242 g/mol. The van der Waals surface area contributed by atoms with Crippen LogP contribution in [-0.2, 0) is 9.59 Å². The third-order valence-electron chi connectivity index (χ3n) is 3.57. The summed E-state index contributed by atoms with van der Waals surface area (Å²) >= 11 is 0. The summed E-state index contributed by atoms with van der Waals surface area (Å²) in [4.78, 5) is 26.2. The van der Waals surface area contributed by atoms with Crippen molar-refractivity contribution in [2.24, 2.45) is 5.92 Å². The average molecular weight is 269 g/mol. The lowest BCUT2D eigenvalue weighted by molar-refractivity contribution is -0.136. The summed E-state index contributed by atoms with van der Waals surface area (Å²) in [6.07, 6.45) is 2.83. The van der Waals surface area contributed by atoms with Crippen LogP contribution in [0.15, 0.2) is 0 Å². The van der Waals surface area contributed by atoms with Crippen LogP contribution >= 0.6 is 0 Å². The third kappa shape index (κ3) is 4.82. The van der Waals surface area contributed by atoms with E-state index in [1.165, 1.54) is 0 Å². The van der Waals surface area contributed by atoms with E-state index >= 15 is 0 Å². The van der Waals surface area contributed by atoms with Gasteiger partial charge in [-0.15, -0.1) is 0 Å². The Bertz CT molecular complexity index is 312. The molecular formula is C14H27N3O2. The molecule has 0 saturated carbocycles. The zero-order valence-electron chi connectivity index (χ0n) is 12.5. The molecule has 0 bridgehead atoms. The summed E-state index contributed by atoms with van der Waals surface area (Å²) in [5.74, 6) is 0.338. The van der Waals surface area contributed by atoms with Gasteiger partial charge in [-0.1, -0.05) is 13.8 Å². The molecule has 1 aliphatic heterocycles. The molecule has 1 heterocycles. The number of carbonyl (C=O) groups excluding carboxylic acids is 2. The molecule has 0 aromatic rings. The van der Waals surface area contributed by atoms with Crippen molar-refractivity contribution < 1.29 is 9.59 Å². The first-order chi connectivity index (χ1) is 8.95. The molecule has 1 rings (SSSR count).